The van der Waals surface area contributed by atoms with Crippen LogP contribution in [0.1, 0.15) is 36.4 Å². The van der Waals surface area contributed by atoms with Gasteiger partial charge in [-0.1, -0.05) is 6.42 Å². The van der Waals surface area contributed by atoms with E-state index in [-0.39, 0.29) is 24.8 Å². The van der Waals surface area contributed by atoms with E-state index in [2.05, 4.69) is 29.3 Å². The molecule has 0 spiro atoms. The van der Waals surface area contributed by atoms with Crippen molar-refractivity contribution in [3.63, 3.8) is 0 Å². The van der Waals surface area contributed by atoms with Gasteiger partial charge in [-0.25, -0.2) is 0 Å². The van der Waals surface area contributed by atoms with Gasteiger partial charge in [0, 0.05) is 32.2 Å². The number of ether oxygens (including phenoxy) is 2. The standard InChI is InChI=1S/C18H28N2O2.2ClH/c1-13-11-15(21-2)17(16(12-13)22-3)18(14-5-4-6-14)20-9-7-19-8-10-20;;/h11-12,14,18-19H,4-10H2,1-3H3;2*1H/t18-;;/m0../s1. The van der Waals surface area contributed by atoms with E-state index in [9.17, 15) is 0 Å². The fraction of sp³-hybridized carbons (Fsp3) is 0.667. The first-order valence-electron chi connectivity index (χ1n) is 8.42. The molecule has 24 heavy (non-hydrogen) atoms. The summed E-state index contributed by atoms with van der Waals surface area (Å²) in [6.07, 6.45) is 3.98. The van der Waals surface area contributed by atoms with Crippen molar-refractivity contribution in [2.24, 2.45) is 5.92 Å². The molecule has 6 heteroatoms. The van der Waals surface area contributed by atoms with Crippen molar-refractivity contribution in [3.05, 3.63) is 23.3 Å². The zero-order chi connectivity index (χ0) is 15.5. The Balaban J connectivity index is 0.00000144. The van der Waals surface area contributed by atoms with Crippen LogP contribution in [0.15, 0.2) is 12.1 Å². The van der Waals surface area contributed by atoms with Gasteiger partial charge in [0.1, 0.15) is 11.5 Å². The van der Waals surface area contributed by atoms with Gasteiger partial charge in [0.2, 0.25) is 0 Å². The molecule has 0 radical (unpaired) electrons. The highest BCUT2D eigenvalue weighted by atomic mass is 35.5. The van der Waals surface area contributed by atoms with Crippen LogP contribution in [0.2, 0.25) is 0 Å². The number of hydrogen-bond acceptors (Lipinski definition) is 4. The lowest BCUT2D eigenvalue weighted by Crippen LogP contribution is -2.48. The Hall–Kier alpha value is -0.680. The smallest absolute Gasteiger partial charge is 0.127 e. The van der Waals surface area contributed by atoms with Gasteiger partial charge in [0.25, 0.3) is 0 Å². The number of rotatable bonds is 5. The average molecular weight is 377 g/mol. The third kappa shape index (κ3) is 4.29. The predicted octanol–water partition coefficient (Wildman–Crippen LogP) is 3.60. The summed E-state index contributed by atoms with van der Waals surface area (Å²) >= 11 is 0. The quantitative estimate of drug-likeness (QED) is 0.850. The Kier molecular flexibility index (Phi) is 8.65. The number of benzene rings is 1. The molecule has 1 aliphatic carbocycles. The molecule has 0 amide bonds. The molecular weight excluding hydrogens is 347 g/mol. The maximum atomic E-state index is 5.74. The molecule has 2 aliphatic rings. The molecule has 1 heterocycles. The summed E-state index contributed by atoms with van der Waals surface area (Å²) in [4.78, 5) is 2.62. The summed E-state index contributed by atoms with van der Waals surface area (Å²) < 4.78 is 11.5. The lowest BCUT2D eigenvalue weighted by molar-refractivity contribution is 0.0799. The number of piperazine rings is 1. The molecule has 138 valence electrons. The highest BCUT2D eigenvalue weighted by Gasteiger charge is 2.37. The zero-order valence-electron chi connectivity index (χ0n) is 14.8. The topological polar surface area (TPSA) is 33.7 Å². The van der Waals surface area contributed by atoms with Crippen LogP contribution >= 0.6 is 24.8 Å². The van der Waals surface area contributed by atoms with Crippen molar-refractivity contribution >= 4 is 24.8 Å². The van der Waals surface area contributed by atoms with Gasteiger partial charge in [-0.3, -0.25) is 4.90 Å². The molecule has 2 fully saturated rings. The van der Waals surface area contributed by atoms with Crippen molar-refractivity contribution in [1.82, 2.24) is 10.2 Å². The summed E-state index contributed by atoms with van der Waals surface area (Å²) in [6.45, 7) is 6.43. The Morgan fingerprint density at radius 3 is 2.00 bits per heavy atom. The van der Waals surface area contributed by atoms with Gasteiger partial charge < -0.3 is 14.8 Å². The third-order valence-corrected chi connectivity index (χ3v) is 5.13. The van der Waals surface area contributed by atoms with Gasteiger partial charge in [-0.2, -0.15) is 0 Å². The van der Waals surface area contributed by atoms with Crippen molar-refractivity contribution in [2.75, 3.05) is 40.4 Å². The number of nitrogens with one attached hydrogen (secondary N) is 1. The fourth-order valence-corrected chi connectivity index (χ4v) is 3.79. The van der Waals surface area contributed by atoms with Crippen molar-refractivity contribution in [3.8, 4) is 11.5 Å². The Labute approximate surface area is 158 Å². The molecule has 1 aromatic carbocycles. The van der Waals surface area contributed by atoms with Crippen LogP contribution in [0.5, 0.6) is 11.5 Å². The van der Waals surface area contributed by atoms with Crippen LogP contribution in [0.4, 0.5) is 0 Å². The lowest BCUT2D eigenvalue weighted by Gasteiger charge is -2.44. The summed E-state index contributed by atoms with van der Waals surface area (Å²) in [5, 5.41) is 3.46. The van der Waals surface area contributed by atoms with E-state index in [1.807, 2.05) is 0 Å². The zero-order valence-corrected chi connectivity index (χ0v) is 16.5. The molecule has 1 aromatic rings. The molecule has 1 aliphatic heterocycles. The van der Waals surface area contributed by atoms with Gasteiger partial charge in [-0.05, 0) is 43.4 Å². The Bertz CT molecular complexity index is 493. The molecule has 1 atom stereocenters. The highest BCUT2D eigenvalue weighted by Crippen LogP contribution is 2.48. The molecule has 1 N–H and O–H groups in total. The molecule has 3 rings (SSSR count). The van der Waals surface area contributed by atoms with Gasteiger partial charge >= 0.3 is 0 Å². The number of hydrogen-bond donors (Lipinski definition) is 1. The summed E-state index contributed by atoms with van der Waals surface area (Å²) in [6, 6.07) is 4.71. The van der Waals surface area contributed by atoms with E-state index < -0.39 is 0 Å². The fourth-order valence-electron chi connectivity index (χ4n) is 3.79. The van der Waals surface area contributed by atoms with Gasteiger partial charge in [0.15, 0.2) is 0 Å². The first kappa shape index (κ1) is 21.4. The second kappa shape index (κ2) is 9.71. The van der Waals surface area contributed by atoms with E-state index in [4.69, 9.17) is 9.47 Å². The first-order chi connectivity index (χ1) is 10.7. The number of nitrogens with zero attached hydrogens (tertiary/aromatic N) is 1. The second-order valence-electron chi connectivity index (χ2n) is 6.50. The van der Waals surface area contributed by atoms with Crippen LogP contribution in [0.3, 0.4) is 0 Å². The van der Waals surface area contributed by atoms with E-state index >= 15 is 0 Å². The number of aryl methyl sites for hydroxylation is 1. The maximum Gasteiger partial charge on any atom is 0.127 e. The summed E-state index contributed by atoms with van der Waals surface area (Å²) in [5.41, 5.74) is 2.44. The van der Waals surface area contributed by atoms with E-state index in [0.29, 0.717) is 6.04 Å². The molecular formula is C18H30Cl2N2O2. The molecule has 0 aromatic heterocycles. The van der Waals surface area contributed by atoms with E-state index in [1.165, 1.54) is 30.4 Å². The van der Waals surface area contributed by atoms with Crippen LogP contribution < -0.4 is 14.8 Å². The first-order valence-corrected chi connectivity index (χ1v) is 8.42. The molecule has 1 saturated heterocycles. The number of methoxy groups -OCH3 is 2. The molecule has 0 unspecified atom stereocenters. The minimum atomic E-state index is 0. The predicted molar refractivity (Wildman–Crippen MR) is 103 cm³/mol. The SMILES string of the molecule is COc1cc(C)cc(OC)c1[C@H](C1CCC1)N1CCNCC1.Cl.Cl. The van der Waals surface area contributed by atoms with Crippen molar-refractivity contribution in [1.29, 1.82) is 0 Å². The molecule has 4 nitrogen and oxygen atoms in total. The largest absolute Gasteiger partial charge is 0.496 e. The minimum absolute atomic E-state index is 0. The normalized spacial score (nSPS) is 19.5. The summed E-state index contributed by atoms with van der Waals surface area (Å²) in [5.74, 6) is 2.68. The molecule has 1 saturated carbocycles. The van der Waals surface area contributed by atoms with Crippen molar-refractivity contribution in [2.45, 2.75) is 32.2 Å². The monoisotopic (exact) mass is 376 g/mol. The van der Waals surface area contributed by atoms with Crippen LogP contribution in [-0.4, -0.2) is 45.3 Å². The van der Waals surface area contributed by atoms with Crippen molar-refractivity contribution < 1.29 is 9.47 Å². The van der Waals surface area contributed by atoms with Crippen LogP contribution in [0.25, 0.3) is 0 Å². The van der Waals surface area contributed by atoms with Crippen LogP contribution in [-0.2, 0) is 0 Å². The number of halogens is 2. The minimum Gasteiger partial charge on any atom is -0.496 e. The van der Waals surface area contributed by atoms with Gasteiger partial charge in [-0.15, -0.1) is 24.8 Å². The summed E-state index contributed by atoms with van der Waals surface area (Å²) in [7, 11) is 3.54. The van der Waals surface area contributed by atoms with Crippen LogP contribution in [0, 0.1) is 12.8 Å². The third-order valence-electron chi connectivity index (χ3n) is 5.13. The Morgan fingerprint density at radius 1 is 1.04 bits per heavy atom. The molecule has 0 bridgehead atoms. The van der Waals surface area contributed by atoms with E-state index in [0.717, 1.165) is 43.6 Å². The highest BCUT2D eigenvalue weighted by molar-refractivity contribution is 5.85. The van der Waals surface area contributed by atoms with E-state index in [1.54, 1.807) is 14.2 Å². The maximum absolute atomic E-state index is 5.74. The second-order valence-corrected chi connectivity index (χ2v) is 6.50. The average Bonchev–Trinajstić information content (AvgIpc) is 2.51. The lowest BCUT2D eigenvalue weighted by atomic mass is 9.75. The Morgan fingerprint density at radius 2 is 1.58 bits per heavy atom. The van der Waals surface area contributed by atoms with Gasteiger partial charge in [0.05, 0.1) is 19.8 Å².